The zero-order valence-electron chi connectivity index (χ0n) is 8.00. The van der Waals surface area contributed by atoms with Crippen molar-refractivity contribution in [3.8, 4) is 11.8 Å². The first-order valence-corrected chi connectivity index (χ1v) is 4.34. The first-order valence-electron chi connectivity index (χ1n) is 4.34. The second kappa shape index (κ2) is 4.51. The van der Waals surface area contributed by atoms with E-state index in [0.29, 0.717) is 6.42 Å². The summed E-state index contributed by atoms with van der Waals surface area (Å²) < 4.78 is 5.11. The largest absolute Gasteiger partial charge is 0.497 e. The van der Waals surface area contributed by atoms with Crippen molar-refractivity contribution in [2.75, 3.05) is 7.11 Å². The van der Waals surface area contributed by atoms with Crippen LogP contribution in [0.4, 0.5) is 0 Å². The summed E-state index contributed by atoms with van der Waals surface area (Å²) in [4.78, 5) is 0. The summed E-state index contributed by atoms with van der Waals surface area (Å²) in [6, 6.07) is 8.00. The Morgan fingerprint density at radius 3 is 2.69 bits per heavy atom. The minimum Gasteiger partial charge on any atom is -0.497 e. The number of nitrogens with zero attached hydrogens (tertiary/aromatic N) is 1. The molecule has 2 nitrogen and oxygen atoms in total. The summed E-state index contributed by atoms with van der Waals surface area (Å²) in [5.41, 5.74) is 2.30. The smallest absolute Gasteiger partial charge is 0.119 e. The van der Waals surface area contributed by atoms with Gasteiger partial charge in [0.2, 0.25) is 0 Å². The quantitative estimate of drug-likeness (QED) is 0.706. The van der Waals surface area contributed by atoms with E-state index in [9.17, 15) is 0 Å². The van der Waals surface area contributed by atoms with Gasteiger partial charge in [0.1, 0.15) is 5.75 Å². The highest BCUT2D eigenvalue weighted by Gasteiger charge is 2.01. The number of nitriles is 1. The Balaban J connectivity index is 3.02. The average molecular weight is 175 g/mol. The van der Waals surface area contributed by atoms with Crippen LogP contribution < -0.4 is 4.74 Å². The number of methoxy groups -OCH3 is 1. The van der Waals surface area contributed by atoms with E-state index in [2.05, 4.69) is 13.0 Å². The van der Waals surface area contributed by atoms with Gasteiger partial charge < -0.3 is 4.74 Å². The van der Waals surface area contributed by atoms with Crippen molar-refractivity contribution in [1.29, 1.82) is 5.26 Å². The highest BCUT2D eigenvalue weighted by Crippen LogP contribution is 2.18. The van der Waals surface area contributed by atoms with Crippen LogP contribution in [0.3, 0.4) is 0 Å². The molecule has 1 aromatic rings. The topological polar surface area (TPSA) is 33.0 Å². The minimum absolute atomic E-state index is 0.479. The van der Waals surface area contributed by atoms with E-state index >= 15 is 0 Å². The normalized spacial score (nSPS) is 9.31. The molecule has 1 aromatic carbocycles. The molecule has 1 rings (SSSR count). The first kappa shape index (κ1) is 9.60. The summed E-state index contributed by atoms with van der Waals surface area (Å²) in [6.45, 7) is 2.08. The average Bonchev–Trinajstić information content (AvgIpc) is 2.19. The molecule has 0 aliphatic carbocycles. The summed E-state index contributed by atoms with van der Waals surface area (Å²) in [6.07, 6.45) is 1.42. The number of benzene rings is 1. The number of rotatable bonds is 3. The monoisotopic (exact) mass is 175 g/mol. The van der Waals surface area contributed by atoms with Gasteiger partial charge in [-0.2, -0.15) is 5.26 Å². The fourth-order valence-electron chi connectivity index (χ4n) is 1.32. The highest BCUT2D eigenvalue weighted by molar-refractivity contribution is 5.36. The summed E-state index contributed by atoms with van der Waals surface area (Å²) in [5.74, 6) is 0.860. The molecule has 68 valence electrons. The van der Waals surface area contributed by atoms with E-state index < -0.39 is 0 Å². The van der Waals surface area contributed by atoms with Crippen molar-refractivity contribution in [3.63, 3.8) is 0 Å². The second-order valence-corrected chi connectivity index (χ2v) is 2.82. The second-order valence-electron chi connectivity index (χ2n) is 2.82. The first-order chi connectivity index (χ1) is 6.31. The molecule has 0 N–H and O–H groups in total. The molecule has 13 heavy (non-hydrogen) atoms. The van der Waals surface area contributed by atoms with E-state index in [1.807, 2.05) is 18.2 Å². The molecule has 0 aromatic heterocycles. The van der Waals surface area contributed by atoms with Crippen LogP contribution in [0.5, 0.6) is 5.75 Å². The Labute approximate surface area is 78.8 Å². The van der Waals surface area contributed by atoms with Gasteiger partial charge in [0.25, 0.3) is 0 Å². The predicted octanol–water partition coefficient (Wildman–Crippen LogP) is 2.32. The van der Waals surface area contributed by atoms with E-state index in [1.165, 1.54) is 5.56 Å². The number of hydrogen-bond donors (Lipinski definition) is 0. The van der Waals surface area contributed by atoms with Crippen molar-refractivity contribution < 1.29 is 4.74 Å². The molecule has 0 saturated carbocycles. The van der Waals surface area contributed by atoms with Gasteiger partial charge >= 0.3 is 0 Å². The van der Waals surface area contributed by atoms with Gasteiger partial charge in [-0.1, -0.05) is 13.0 Å². The van der Waals surface area contributed by atoms with E-state index in [4.69, 9.17) is 10.00 Å². The maximum atomic E-state index is 8.58. The SMILES string of the molecule is CCc1cc(OC)ccc1CC#N. The molecule has 0 fully saturated rings. The van der Waals surface area contributed by atoms with Crippen LogP contribution in [-0.4, -0.2) is 7.11 Å². The van der Waals surface area contributed by atoms with Crippen molar-refractivity contribution >= 4 is 0 Å². The zero-order valence-corrected chi connectivity index (χ0v) is 8.00. The van der Waals surface area contributed by atoms with Crippen LogP contribution in [-0.2, 0) is 12.8 Å². The molecule has 2 heteroatoms. The Hall–Kier alpha value is -1.49. The highest BCUT2D eigenvalue weighted by atomic mass is 16.5. The third-order valence-electron chi connectivity index (χ3n) is 2.06. The molecule has 0 aliphatic heterocycles. The van der Waals surface area contributed by atoms with Crippen LogP contribution in [0, 0.1) is 11.3 Å². The van der Waals surface area contributed by atoms with Gasteiger partial charge in [0.15, 0.2) is 0 Å². The van der Waals surface area contributed by atoms with Gasteiger partial charge in [-0.15, -0.1) is 0 Å². The third kappa shape index (κ3) is 2.22. The maximum Gasteiger partial charge on any atom is 0.119 e. The molecular formula is C11H13NO. The van der Waals surface area contributed by atoms with Gasteiger partial charge in [-0.3, -0.25) is 0 Å². The van der Waals surface area contributed by atoms with E-state index in [1.54, 1.807) is 7.11 Å². The Bertz CT molecular complexity index is 325. The minimum atomic E-state index is 0.479. The van der Waals surface area contributed by atoms with Gasteiger partial charge in [-0.05, 0) is 29.7 Å². The van der Waals surface area contributed by atoms with Crippen LogP contribution in [0.2, 0.25) is 0 Å². The molecular weight excluding hydrogens is 162 g/mol. The lowest BCUT2D eigenvalue weighted by Gasteiger charge is -2.06. The number of aryl methyl sites for hydroxylation is 1. The Morgan fingerprint density at radius 1 is 1.38 bits per heavy atom. The lowest BCUT2D eigenvalue weighted by Crippen LogP contribution is -1.93. The maximum absolute atomic E-state index is 8.58. The Kier molecular flexibility index (Phi) is 3.33. The molecule has 0 saturated heterocycles. The lowest BCUT2D eigenvalue weighted by atomic mass is 10.0. The van der Waals surface area contributed by atoms with Crippen LogP contribution in [0.1, 0.15) is 18.1 Å². The molecule has 0 unspecified atom stereocenters. The standard InChI is InChI=1S/C11H13NO/c1-3-9-8-11(13-2)5-4-10(9)6-7-12/h4-5,8H,3,6H2,1-2H3. The molecule has 0 aliphatic rings. The van der Waals surface area contributed by atoms with Gasteiger partial charge in [0, 0.05) is 0 Å². The molecule has 0 heterocycles. The van der Waals surface area contributed by atoms with Crippen molar-refractivity contribution in [3.05, 3.63) is 29.3 Å². The van der Waals surface area contributed by atoms with Crippen LogP contribution in [0.15, 0.2) is 18.2 Å². The van der Waals surface area contributed by atoms with Crippen LogP contribution in [0.25, 0.3) is 0 Å². The molecule has 0 amide bonds. The van der Waals surface area contributed by atoms with Crippen LogP contribution >= 0.6 is 0 Å². The van der Waals surface area contributed by atoms with Gasteiger partial charge in [0.05, 0.1) is 19.6 Å². The van der Waals surface area contributed by atoms with Crippen molar-refractivity contribution in [2.45, 2.75) is 19.8 Å². The van der Waals surface area contributed by atoms with Gasteiger partial charge in [-0.25, -0.2) is 0 Å². The summed E-state index contributed by atoms with van der Waals surface area (Å²) >= 11 is 0. The molecule has 0 spiro atoms. The Morgan fingerprint density at radius 2 is 2.15 bits per heavy atom. The summed E-state index contributed by atoms with van der Waals surface area (Å²) in [5, 5.41) is 8.58. The molecule has 0 bridgehead atoms. The van der Waals surface area contributed by atoms with Crippen molar-refractivity contribution in [2.24, 2.45) is 0 Å². The lowest BCUT2D eigenvalue weighted by molar-refractivity contribution is 0.414. The van der Waals surface area contributed by atoms with E-state index in [0.717, 1.165) is 17.7 Å². The number of hydrogen-bond acceptors (Lipinski definition) is 2. The zero-order chi connectivity index (χ0) is 9.68. The number of ether oxygens (including phenoxy) is 1. The fraction of sp³-hybridized carbons (Fsp3) is 0.364. The molecule has 0 radical (unpaired) electrons. The predicted molar refractivity (Wildman–Crippen MR) is 51.7 cm³/mol. The fourth-order valence-corrected chi connectivity index (χ4v) is 1.32. The third-order valence-corrected chi connectivity index (χ3v) is 2.06. The van der Waals surface area contributed by atoms with E-state index in [-0.39, 0.29) is 0 Å². The summed E-state index contributed by atoms with van der Waals surface area (Å²) in [7, 11) is 1.65. The molecule has 0 atom stereocenters. The van der Waals surface area contributed by atoms with Crippen molar-refractivity contribution in [1.82, 2.24) is 0 Å².